The number of rotatable bonds is 3. The summed E-state index contributed by atoms with van der Waals surface area (Å²) in [5.74, 6) is 0.931. The van der Waals surface area contributed by atoms with Crippen LogP contribution in [0.4, 0.5) is 0 Å². The maximum atomic E-state index is 6.04. The second-order valence-electron chi connectivity index (χ2n) is 5.08. The summed E-state index contributed by atoms with van der Waals surface area (Å²) in [7, 11) is 1.95. The maximum Gasteiger partial charge on any atom is 0.134 e. The number of benzene rings is 2. The zero-order valence-electron chi connectivity index (χ0n) is 11.8. The molecule has 0 saturated carbocycles. The van der Waals surface area contributed by atoms with Crippen LogP contribution in [0.2, 0.25) is 0 Å². The summed E-state index contributed by atoms with van der Waals surface area (Å²) in [6, 6.07) is 14.7. The highest BCUT2D eigenvalue weighted by Gasteiger charge is 2.19. The van der Waals surface area contributed by atoms with Crippen molar-refractivity contribution in [1.82, 2.24) is 5.32 Å². The summed E-state index contributed by atoms with van der Waals surface area (Å²) in [5, 5.41) is 4.50. The molecule has 0 spiro atoms. The normalized spacial score (nSPS) is 12.8. The van der Waals surface area contributed by atoms with Crippen molar-refractivity contribution in [2.24, 2.45) is 0 Å². The molecule has 1 heterocycles. The van der Waals surface area contributed by atoms with Gasteiger partial charge in [0.1, 0.15) is 11.3 Å². The molecule has 0 bridgehead atoms. The molecule has 2 aromatic carbocycles. The zero-order chi connectivity index (χ0) is 15.0. The highest BCUT2D eigenvalue weighted by Crippen LogP contribution is 2.33. The van der Waals surface area contributed by atoms with E-state index in [4.69, 9.17) is 4.42 Å². The second-order valence-corrected chi connectivity index (χ2v) is 7.18. The molecule has 1 N–H and O–H groups in total. The van der Waals surface area contributed by atoms with E-state index < -0.39 is 0 Å². The van der Waals surface area contributed by atoms with E-state index in [2.05, 4.69) is 87.2 Å². The molecule has 4 heteroatoms. The van der Waals surface area contributed by atoms with Crippen LogP contribution in [-0.4, -0.2) is 7.05 Å². The van der Waals surface area contributed by atoms with Gasteiger partial charge in [-0.3, -0.25) is 0 Å². The van der Waals surface area contributed by atoms with Gasteiger partial charge in [-0.05, 0) is 78.5 Å². The van der Waals surface area contributed by atoms with E-state index >= 15 is 0 Å². The molecule has 108 valence electrons. The van der Waals surface area contributed by atoms with Crippen molar-refractivity contribution in [2.45, 2.75) is 13.0 Å². The Labute approximate surface area is 146 Å². The lowest BCUT2D eigenvalue weighted by molar-refractivity contribution is 0.490. The lowest BCUT2D eigenvalue weighted by Crippen LogP contribution is -2.17. The summed E-state index contributed by atoms with van der Waals surface area (Å²) in [6.07, 6.45) is 0. The zero-order valence-corrected chi connectivity index (χ0v) is 15.5. The molecule has 1 atom stereocenters. The van der Waals surface area contributed by atoms with Gasteiger partial charge >= 0.3 is 0 Å². The Morgan fingerprint density at radius 2 is 1.95 bits per heavy atom. The summed E-state index contributed by atoms with van der Waals surface area (Å²) < 4.78 is 8.33. The van der Waals surface area contributed by atoms with Gasteiger partial charge in [-0.25, -0.2) is 0 Å². The van der Waals surface area contributed by atoms with Crippen molar-refractivity contribution < 1.29 is 4.42 Å². The molecule has 0 saturated heterocycles. The maximum absolute atomic E-state index is 6.04. The second kappa shape index (κ2) is 6.10. The van der Waals surface area contributed by atoms with Gasteiger partial charge in [0.25, 0.3) is 0 Å². The number of nitrogens with one attached hydrogen (secondary N) is 1. The third-order valence-electron chi connectivity index (χ3n) is 3.53. The Hall–Kier alpha value is -0.850. The first-order chi connectivity index (χ1) is 10.1. The first-order valence-corrected chi connectivity index (χ1v) is 8.58. The van der Waals surface area contributed by atoms with Crippen LogP contribution >= 0.6 is 38.5 Å². The van der Waals surface area contributed by atoms with Crippen LogP contribution in [0.15, 0.2) is 51.4 Å². The van der Waals surface area contributed by atoms with Crippen molar-refractivity contribution in [1.29, 1.82) is 0 Å². The van der Waals surface area contributed by atoms with Crippen LogP contribution in [0, 0.1) is 10.5 Å². The van der Waals surface area contributed by atoms with E-state index in [0.717, 1.165) is 21.2 Å². The molecule has 3 rings (SSSR count). The quantitative estimate of drug-likeness (QED) is 0.533. The van der Waals surface area contributed by atoms with Crippen LogP contribution in [0.5, 0.6) is 0 Å². The number of hydrogen-bond acceptors (Lipinski definition) is 2. The molecule has 1 aromatic heterocycles. The third kappa shape index (κ3) is 3.03. The van der Waals surface area contributed by atoms with Crippen molar-refractivity contribution in [3.05, 3.63) is 67.4 Å². The van der Waals surface area contributed by atoms with E-state index in [-0.39, 0.29) is 6.04 Å². The molecule has 2 nitrogen and oxygen atoms in total. The molecular formula is C17H15BrINO. The molecule has 0 aliphatic heterocycles. The summed E-state index contributed by atoms with van der Waals surface area (Å²) >= 11 is 5.97. The average molecular weight is 456 g/mol. The van der Waals surface area contributed by atoms with Gasteiger partial charge in [0.15, 0.2) is 0 Å². The largest absolute Gasteiger partial charge is 0.459 e. The molecule has 0 radical (unpaired) electrons. The minimum atomic E-state index is 0.0294. The van der Waals surface area contributed by atoms with Crippen LogP contribution in [0.25, 0.3) is 11.0 Å². The van der Waals surface area contributed by atoms with Crippen molar-refractivity contribution >= 4 is 49.5 Å². The smallest absolute Gasteiger partial charge is 0.134 e. The predicted octanol–water partition coefficient (Wildman–Crippen LogP) is 5.42. The first-order valence-electron chi connectivity index (χ1n) is 6.71. The van der Waals surface area contributed by atoms with E-state index in [1.165, 1.54) is 14.7 Å². The van der Waals surface area contributed by atoms with Crippen LogP contribution in [-0.2, 0) is 0 Å². The van der Waals surface area contributed by atoms with Gasteiger partial charge < -0.3 is 9.73 Å². The summed E-state index contributed by atoms with van der Waals surface area (Å²) in [5.41, 5.74) is 3.35. The first kappa shape index (κ1) is 15.1. The Morgan fingerprint density at radius 3 is 2.71 bits per heavy atom. The summed E-state index contributed by atoms with van der Waals surface area (Å²) in [4.78, 5) is 0. The van der Waals surface area contributed by atoms with Gasteiger partial charge in [-0.1, -0.05) is 27.6 Å². The van der Waals surface area contributed by atoms with Gasteiger partial charge in [0, 0.05) is 13.4 Å². The van der Waals surface area contributed by atoms with Crippen LogP contribution in [0.3, 0.4) is 0 Å². The summed E-state index contributed by atoms with van der Waals surface area (Å²) in [6.45, 7) is 2.10. The van der Waals surface area contributed by atoms with Gasteiger partial charge in [-0.15, -0.1) is 0 Å². The molecule has 0 amide bonds. The van der Waals surface area contributed by atoms with Crippen molar-refractivity contribution in [3.63, 3.8) is 0 Å². The van der Waals surface area contributed by atoms with Crippen molar-refractivity contribution in [2.75, 3.05) is 7.05 Å². The standard InChI is InChI=1S/C17H15BrINO/c1-10-3-6-15-11(7-10)8-16(21-15)17(20-2)13-9-12(19)4-5-14(13)18/h3-9,17,20H,1-2H3. The number of fused-ring (bicyclic) bond motifs is 1. The molecule has 1 unspecified atom stereocenters. The van der Waals surface area contributed by atoms with E-state index in [1.54, 1.807) is 0 Å². The van der Waals surface area contributed by atoms with E-state index in [0.29, 0.717) is 0 Å². The Kier molecular flexibility index (Phi) is 4.38. The monoisotopic (exact) mass is 455 g/mol. The van der Waals surface area contributed by atoms with E-state index in [9.17, 15) is 0 Å². The molecule has 0 fully saturated rings. The van der Waals surface area contributed by atoms with E-state index in [1.807, 2.05) is 13.1 Å². The highest BCUT2D eigenvalue weighted by molar-refractivity contribution is 14.1. The van der Waals surface area contributed by atoms with Gasteiger partial charge in [-0.2, -0.15) is 0 Å². The van der Waals surface area contributed by atoms with Gasteiger partial charge in [0.2, 0.25) is 0 Å². The molecule has 0 aliphatic rings. The minimum absolute atomic E-state index is 0.0294. The number of aryl methyl sites for hydroxylation is 1. The average Bonchev–Trinajstić information content (AvgIpc) is 2.86. The Morgan fingerprint density at radius 1 is 1.14 bits per heavy atom. The fraction of sp³-hybridized carbons (Fsp3) is 0.176. The lowest BCUT2D eigenvalue weighted by Gasteiger charge is -2.16. The topological polar surface area (TPSA) is 25.2 Å². The fourth-order valence-electron chi connectivity index (χ4n) is 2.51. The minimum Gasteiger partial charge on any atom is -0.459 e. The highest BCUT2D eigenvalue weighted by atomic mass is 127. The number of halogens is 2. The van der Waals surface area contributed by atoms with Gasteiger partial charge in [0.05, 0.1) is 6.04 Å². The molecule has 3 aromatic rings. The number of furan rings is 1. The lowest BCUT2D eigenvalue weighted by atomic mass is 10.0. The molecule has 21 heavy (non-hydrogen) atoms. The SMILES string of the molecule is CNC(c1cc2cc(C)ccc2o1)c1cc(I)ccc1Br. The fourth-order valence-corrected chi connectivity index (χ4v) is 3.50. The van der Waals surface area contributed by atoms with Crippen LogP contribution in [0.1, 0.15) is 22.9 Å². The molecular weight excluding hydrogens is 441 g/mol. The predicted molar refractivity (Wildman–Crippen MR) is 98.7 cm³/mol. The third-order valence-corrected chi connectivity index (χ3v) is 4.93. The van der Waals surface area contributed by atoms with Crippen molar-refractivity contribution in [3.8, 4) is 0 Å². The Bertz CT molecular complexity index is 797. The number of hydrogen-bond donors (Lipinski definition) is 1. The Balaban J connectivity index is 2.11. The van der Waals surface area contributed by atoms with Crippen LogP contribution < -0.4 is 5.32 Å². The molecule has 0 aliphatic carbocycles.